The van der Waals surface area contributed by atoms with Crippen molar-refractivity contribution in [2.75, 3.05) is 18.0 Å². The highest BCUT2D eigenvalue weighted by molar-refractivity contribution is 6.22. The summed E-state index contributed by atoms with van der Waals surface area (Å²) in [6, 6.07) is 5.30. The second-order valence-electron chi connectivity index (χ2n) is 6.79. The van der Waals surface area contributed by atoms with Crippen LogP contribution in [0.4, 0.5) is 5.69 Å². The zero-order valence-corrected chi connectivity index (χ0v) is 14.1. The van der Waals surface area contributed by atoms with Crippen molar-refractivity contribution in [3.63, 3.8) is 0 Å². The van der Waals surface area contributed by atoms with Gasteiger partial charge in [-0.1, -0.05) is 17.7 Å². The molecule has 0 aromatic heterocycles. The van der Waals surface area contributed by atoms with Gasteiger partial charge < -0.3 is 5.73 Å². The molecule has 2 aliphatic rings. The highest BCUT2D eigenvalue weighted by Crippen LogP contribution is 2.30. The average Bonchev–Trinajstić information content (AvgIpc) is 2.83. The van der Waals surface area contributed by atoms with E-state index < -0.39 is 6.04 Å². The Morgan fingerprint density at radius 1 is 1.17 bits per heavy atom. The van der Waals surface area contributed by atoms with E-state index in [0.717, 1.165) is 11.1 Å². The summed E-state index contributed by atoms with van der Waals surface area (Å²) in [5, 5.41) is 0. The second kappa shape index (κ2) is 6.36. The summed E-state index contributed by atoms with van der Waals surface area (Å²) in [4.78, 5) is 39.9. The fourth-order valence-electron chi connectivity index (χ4n) is 3.71. The number of carbonyl (C=O) groups excluding carboxylic acids is 3. The Labute approximate surface area is 141 Å². The average molecular weight is 329 g/mol. The predicted octanol–water partition coefficient (Wildman–Crippen LogP) is 1.13. The van der Waals surface area contributed by atoms with Gasteiger partial charge in [0.05, 0.1) is 18.2 Å². The third-order valence-electron chi connectivity index (χ3n) is 5.09. The number of nitrogens with two attached hydrogens (primary N) is 1. The molecular formula is C18H23N3O3. The zero-order chi connectivity index (χ0) is 17.4. The van der Waals surface area contributed by atoms with Gasteiger partial charge in [-0.05, 0) is 51.4 Å². The smallest absolute Gasteiger partial charge is 0.251 e. The number of rotatable bonds is 3. The van der Waals surface area contributed by atoms with Crippen LogP contribution >= 0.6 is 0 Å². The molecule has 1 aromatic carbocycles. The molecule has 2 aliphatic heterocycles. The molecule has 6 nitrogen and oxygen atoms in total. The molecule has 0 aliphatic carbocycles. The van der Waals surface area contributed by atoms with Crippen LogP contribution in [-0.4, -0.2) is 41.8 Å². The number of benzene rings is 1. The van der Waals surface area contributed by atoms with Crippen LogP contribution in [0.1, 0.15) is 30.4 Å². The molecule has 3 amide bonds. The van der Waals surface area contributed by atoms with Crippen molar-refractivity contribution in [3.8, 4) is 0 Å². The summed E-state index contributed by atoms with van der Waals surface area (Å²) < 4.78 is 0. The lowest BCUT2D eigenvalue weighted by Crippen LogP contribution is -2.47. The first kappa shape index (κ1) is 16.6. The van der Waals surface area contributed by atoms with E-state index in [1.807, 2.05) is 36.9 Å². The minimum atomic E-state index is -0.424. The van der Waals surface area contributed by atoms with Gasteiger partial charge in [0.25, 0.3) is 5.91 Å². The largest absolute Gasteiger partial charge is 0.369 e. The molecule has 6 heteroatoms. The Hall–Kier alpha value is -2.21. The predicted molar refractivity (Wildman–Crippen MR) is 90.3 cm³/mol. The summed E-state index contributed by atoms with van der Waals surface area (Å²) >= 11 is 0. The SMILES string of the molecule is Cc1ccc(N2C(=O)C[C@@H](N3CCC(C(N)=O)CC3)C2=O)c(C)c1. The van der Waals surface area contributed by atoms with Crippen molar-refractivity contribution in [2.45, 2.75) is 39.2 Å². The molecule has 0 bridgehead atoms. The molecule has 128 valence electrons. The number of likely N-dealkylation sites (tertiary alicyclic amines) is 1. The zero-order valence-electron chi connectivity index (χ0n) is 14.1. The number of hydrogen-bond acceptors (Lipinski definition) is 4. The van der Waals surface area contributed by atoms with Crippen molar-refractivity contribution in [2.24, 2.45) is 11.7 Å². The summed E-state index contributed by atoms with van der Waals surface area (Å²) in [6.45, 7) is 5.14. The van der Waals surface area contributed by atoms with E-state index in [4.69, 9.17) is 5.73 Å². The molecule has 3 rings (SSSR count). The van der Waals surface area contributed by atoms with Crippen molar-refractivity contribution in [1.29, 1.82) is 0 Å². The van der Waals surface area contributed by atoms with Gasteiger partial charge in [0, 0.05) is 5.92 Å². The van der Waals surface area contributed by atoms with Gasteiger partial charge in [-0.2, -0.15) is 0 Å². The lowest BCUT2D eigenvalue weighted by Gasteiger charge is -2.33. The third kappa shape index (κ3) is 2.94. The number of anilines is 1. The van der Waals surface area contributed by atoms with Gasteiger partial charge >= 0.3 is 0 Å². The summed E-state index contributed by atoms with van der Waals surface area (Å²) in [7, 11) is 0. The molecule has 2 heterocycles. The first-order valence-corrected chi connectivity index (χ1v) is 8.36. The van der Waals surface area contributed by atoms with E-state index in [2.05, 4.69) is 0 Å². The highest BCUT2D eigenvalue weighted by Gasteiger charge is 2.44. The maximum absolute atomic E-state index is 12.8. The topological polar surface area (TPSA) is 83.7 Å². The number of carbonyl (C=O) groups is 3. The number of aryl methyl sites for hydroxylation is 2. The quantitative estimate of drug-likeness (QED) is 0.843. The summed E-state index contributed by atoms with van der Waals surface area (Å²) in [5.41, 5.74) is 8.05. The molecule has 0 radical (unpaired) electrons. The van der Waals surface area contributed by atoms with Gasteiger partial charge in [0.15, 0.2) is 0 Å². The molecular weight excluding hydrogens is 306 g/mol. The molecule has 2 saturated heterocycles. The van der Waals surface area contributed by atoms with Gasteiger partial charge in [-0.15, -0.1) is 0 Å². The number of imide groups is 1. The molecule has 2 fully saturated rings. The van der Waals surface area contributed by atoms with Crippen LogP contribution in [-0.2, 0) is 14.4 Å². The first-order valence-electron chi connectivity index (χ1n) is 8.36. The minimum Gasteiger partial charge on any atom is -0.369 e. The highest BCUT2D eigenvalue weighted by atomic mass is 16.2. The van der Waals surface area contributed by atoms with E-state index in [0.29, 0.717) is 31.6 Å². The third-order valence-corrected chi connectivity index (χ3v) is 5.09. The van der Waals surface area contributed by atoms with Crippen LogP contribution in [0.2, 0.25) is 0 Å². The number of nitrogens with zero attached hydrogens (tertiary/aromatic N) is 2. The number of hydrogen-bond donors (Lipinski definition) is 1. The molecule has 1 atom stereocenters. The fourth-order valence-corrected chi connectivity index (χ4v) is 3.71. The molecule has 24 heavy (non-hydrogen) atoms. The van der Waals surface area contributed by atoms with E-state index in [9.17, 15) is 14.4 Å². The van der Waals surface area contributed by atoms with Crippen LogP contribution in [0.15, 0.2) is 18.2 Å². The maximum Gasteiger partial charge on any atom is 0.251 e. The van der Waals surface area contributed by atoms with Crippen molar-refractivity contribution >= 4 is 23.4 Å². The molecule has 0 saturated carbocycles. The summed E-state index contributed by atoms with van der Waals surface area (Å²) in [6.07, 6.45) is 1.50. The van der Waals surface area contributed by atoms with E-state index in [1.165, 1.54) is 4.90 Å². The van der Waals surface area contributed by atoms with E-state index in [-0.39, 0.29) is 30.1 Å². The number of piperidine rings is 1. The Kier molecular flexibility index (Phi) is 4.41. The lowest BCUT2D eigenvalue weighted by atomic mass is 9.95. The lowest BCUT2D eigenvalue weighted by molar-refractivity contribution is -0.124. The van der Waals surface area contributed by atoms with Gasteiger partial charge in [-0.3, -0.25) is 19.3 Å². The number of primary amides is 1. The molecule has 0 spiro atoms. The number of amides is 3. The Balaban J connectivity index is 1.76. The van der Waals surface area contributed by atoms with Crippen molar-refractivity contribution in [1.82, 2.24) is 4.90 Å². The van der Waals surface area contributed by atoms with Crippen LogP contribution in [0.5, 0.6) is 0 Å². The summed E-state index contributed by atoms with van der Waals surface area (Å²) in [5.74, 6) is -0.720. The van der Waals surface area contributed by atoms with E-state index >= 15 is 0 Å². The van der Waals surface area contributed by atoms with Gasteiger partial charge in [0.1, 0.15) is 0 Å². The van der Waals surface area contributed by atoms with Crippen molar-refractivity contribution in [3.05, 3.63) is 29.3 Å². The molecule has 1 aromatic rings. The van der Waals surface area contributed by atoms with Crippen LogP contribution in [0.25, 0.3) is 0 Å². The van der Waals surface area contributed by atoms with Crippen LogP contribution in [0.3, 0.4) is 0 Å². The Morgan fingerprint density at radius 3 is 2.42 bits per heavy atom. The van der Waals surface area contributed by atoms with Gasteiger partial charge in [0.2, 0.25) is 11.8 Å². The van der Waals surface area contributed by atoms with Crippen LogP contribution in [0, 0.1) is 19.8 Å². The Bertz CT molecular complexity index is 693. The standard InChI is InChI=1S/C18H23N3O3/c1-11-3-4-14(12(2)9-11)21-16(22)10-15(18(21)24)20-7-5-13(6-8-20)17(19)23/h3-4,9,13,15H,5-8,10H2,1-2H3,(H2,19,23)/t15-/m1/s1. The Morgan fingerprint density at radius 2 is 1.83 bits per heavy atom. The van der Waals surface area contributed by atoms with Crippen molar-refractivity contribution < 1.29 is 14.4 Å². The maximum atomic E-state index is 12.8. The normalized spacial score (nSPS) is 23.1. The minimum absolute atomic E-state index is 0.121. The van der Waals surface area contributed by atoms with Crippen LogP contribution < -0.4 is 10.6 Å². The fraction of sp³-hybridized carbons (Fsp3) is 0.500. The van der Waals surface area contributed by atoms with Gasteiger partial charge in [-0.25, -0.2) is 4.90 Å². The first-order chi connectivity index (χ1) is 11.4. The molecule has 2 N–H and O–H groups in total. The monoisotopic (exact) mass is 329 g/mol. The van der Waals surface area contributed by atoms with E-state index in [1.54, 1.807) is 0 Å². The molecule has 0 unspecified atom stereocenters. The second-order valence-corrected chi connectivity index (χ2v) is 6.79.